The molecule has 7 heteroatoms. The van der Waals surface area contributed by atoms with Crippen molar-refractivity contribution in [3.63, 3.8) is 0 Å². The molecule has 2 rings (SSSR count). The Balaban J connectivity index is 1.98. The lowest BCUT2D eigenvalue weighted by Crippen LogP contribution is -2.22. The van der Waals surface area contributed by atoms with Crippen molar-refractivity contribution in [1.82, 2.24) is 25.0 Å². The van der Waals surface area contributed by atoms with Crippen LogP contribution in [0.25, 0.3) is 0 Å². The summed E-state index contributed by atoms with van der Waals surface area (Å²) in [5.41, 5.74) is 0.973. The van der Waals surface area contributed by atoms with Crippen LogP contribution in [0.5, 0.6) is 0 Å². The maximum atomic E-state index is 5.23. The molecular weight excluding hydrogens is 262 g/mol. The molecule has 0 N–H and O–H groups in total. The summed E-state index contributed by atoms with van der Waals surface area (Å²) in [5.74, 6) is 2.15. The summed E-state index contributed by atoms with van der Waals surface area (Å²) >= 11 is 1.67. The van der Waals surface area contributed by atoms with Crippen molar-refractivity contribution in [3.05, 3.63) is 36.0 Å². The highest BCUT2D eigenvalue weighted by Crippen LogP contribution is 2.17. The number of hydrogen-bond donors (Lipinski definition) is 0. The second-order valence-corrected chi connectivity index (χ2v) is 5.13. The van der Waals surface area contributed by atoms with Crippen LogP contribution in [-0.4, -0.2) is 38.3 Å². The monoisotopic (exact) mass is 279 g/mol. The molecule has 0 amide bonds. The highest BCUT2D eigenvalue weighted by Gasteiger charge is 2.16. The fourth-order valence-electron chi connectivity index (χ4n) is 1.67. The zero-order valence-electron chi connectivity index (χ0n) is 11.3. The van der Waals surface area contributed by atoms with Gasteiger partial charge in [-0.3, -0.25) is 4.90 Å². The Morgan fingerprint density at radius 2 is 2.32 bits per heavy atom. The maximum absolute atomic E-state index is 5.23. The van der Waals surface area contributed by atoms with E-state index in [0.717, 1.165) is 17.3 Å². The van der Waals surface area contributed by atoms with E-state index in [9.17, 15) is 0 Å². The Bertz CT molecular complexity index is 504. The van der Waals surface area contributed by atoms with Crippen LogP contribution in [0.4, 0.5) is 0 Å². The van der Waals surface area contributed by atoms with Gasteiger partial charge in [-0.15, -0.1) is 0 Å². The van der Waals surface area contributed by atoms with Gasteiger partial charge in [0.15, 0.2) is 5.82 Å². The molecule has 0 aliphatic carbocycles. The van der Waals surface area contributed by atoms with Crippen molar-refractivity contribution in [2.45, 2.75) is 25.3 Å². The lowest BCUT2D eigenvalue weighted by molar-refractivity contribution is 0.213. The summed E-state index contributed by atoms with van der Waals surface area (Å²) in [6.07, 6.45) is 5.32. The van der Waals surface area contributed by atoms with E-state index in [1.165, 1.54) is 0 Å². The van der Waals surface area contributed by atoms with Crippen molar-refractivity contribution in [2.75, 3.05) is 13.3 Å². The molecule has 19 heavy (non-hydrogen) atoms. The average Bonchev–Trinajstić information content (AvgIpc) is 2.86. The Kier molecular flexibility index (Phi) is 4.86. The summed E-state index contributed by atoms with van der Waals surface area (Å²) in [4.78, 5) is 14.6. The van der Waals surface area contributed by atoms with Crippen molar-refractivity contribution in [2.24, 2.45) is 0 Å². The molecule has 2 aromatic rings. The Morgan fingerprint density at radius 1 is 1.47 bits per heavy atom. The summed E-state index contributed by atoms with van der Waals surface area (Å²) in [5, 5.41) is 3.93. The van der Waals surface area contributed by atoms with E-state index in [2.05, 4.69) is 31.9 Å². The minimum absolute atomic E-state index is 0.166. The molecule has 102 valence electrons. The second kappa shape index (κ2) is 6.63. The lowest BCUT2D eigenvalue weighted by atomic mass is 10.2. The van der Waals surface area contributed by atoms with Crippen LogP contribution in [0.2, 0.25) is 0 Å². The number of aromatic nitrogens is 4. The molecule has 0 spiro atoms. The van der Waals surface area contributed by atoms with Gasteiger partial charge in [-0.25, -0.2) is 9.97 Å². The number of nitrogens with zero attached hydrogens (tertiary/aromatic N) is 5. The van der Waals surface area contributed by atoms with Crippen molar-refractivity contribution < 1.29 is 4.52 Å². The third-order valence-corrected chi connectivity index (χ3v) is 3.41. The van der Waals surface area contributed by atoms with Crippen LogP contribution in [0, 0.1) is 0 Å². The molecule has 2 heterocycles. The van der Waals surface area contributed by atoms with Crippen molar-refractivity contribution in [1.29, 1.82) is 0 Å². The van der Waals surface area contributed by atoms with E-state index in [1.54, 1.807) is 24.3 Å². The van der Waals surface area contributed by atoms with Gasteiger partial charge in [0, 0.05) is 12.2 Å². The van der Waals surface area contributed by atoms with E-state index < -0.39 is 0 Å². The Morgan fingerprint density at radius 3 is 3.00 bits per heavy atom. The maximum Gasteiger partial charge on any atom is 0.240 e. The number of thioether (sulfide) groups is 1. The van der Waals surface area contributed by atoms with Crippen molar-refractivity contribution in [3.8, 4) is 0 Å². The Labute approximate surface area is 116 Å². The van der Waals surface area contributed by atoms with E-state index in [-0.39, 0.29) is 6.04 Å². The third kappa shape index (κ3) is 3.74. The van der Waals surface area contributed by atoms with Gasteiger partial charge in [-0.1, -0.05) is 5.16 Å². The molecule has 0 saturated carbocycles. The summed E-state index contributed by atoms with van der Waals surface area (Å²) < 4.78 is 5.23. The molecule has 0 bridgehead atoms. The van der Waals surface area contributed by atoms with Crippen LogP contribution in [0.1, 0.15) is 30.4 Å². The molecule has 6 nitrogen and oxygen atoms in total. The summed E-state index contributed by atoms with van der Waals surface area (Å²) in [6.45, 7) is 2.69. The molecule has 0 aliphatic heterocycles. The van der Waals surface area contributed by atoms with Gasteiger partial charge in [0.25, 0.3) is 0 Å². The van der Waals surface area contributed by atoms with Gasteiger partial charge in [0.2, 0.25) is 5.89 Å². The van der Waals surface area contributed by atoms with Gasteiger partial charge in [-0.2, -0.15) is 16.7 Å². The normalized spacial score (nSPS) is 12.8. The highest BCUT2D eigenvalue weighted by atomic mass is 32.2. The molecular formula is C12H17N5OS. The first-order valence-corrected chi connectivity index (χ1v) is 7.36. The van der Waals surface area contributed by atoms with Crippen molar-refractivity contribution >= 4 is 11.8 Å². The molecule has 2 aromatic heterocycles. The van der Waals surface area contributed by atoms with Crippen LogP contribution < -0.4 is 0 Å². The van der Waals surface area contributed by atoms with Crippen LogP contribution in [-0.2, 0) is 12.3 Å². The lowest BCUT2D eigenvalue weighted by Gasteiger charge is -2.22. The van der Waals surface area contributed by atoms with Gasteiger partial charge < -0.3 is 4.52 Å². The quantitative estimate of drug-likeness (QED) is 0.800. The van der Waals surface area contributed by atoms with E-state index in [0.29, 0.717) is 12.4 Å². The molecule has 0 unspecified atom stereocenters. The predicted octanol–water partition coefficient (Wildman–Crippen LogP) is 1.92. The SMILES string of the molecule is CSCc1noc(CN(C)[C@@H](C)c2ccncn2)n1. The summed E-state index contributed by atoms with van der Waals surface area (Å²) in [6, 6.07) is 2.08. The molecule has 0 saturated heterocycles. The molecule has 0 aliphatic rings. The van der Waals surface area contributed by atoms with Crippen LogP contribution in [0.3, 0.4) is 0 Å². The Hall–Kier alpha value is -1.47. The molecule has 1 atom stereocenters. The first kappa shape index (κ1) is 14.0. The third-order valence-electron chi connectivity index (χ3n) is 2.86. The van der Waals surface area contributed by atoms with E-state index in [1.807, 2.05) is 19.4 Å². The largest absolute Gasteiger partial charge is 0.338 e. The van der Waals surface area contributed by atoms with E-state index >= 15 is 0 Å². The van der Waals surface area contributed by atoms with Gasteiger partial charge in [-0.05, 0) is 26.3 Å². The topological polar surface area (TPSA) is 67.9 Å². The zero-order chi connectivity index (χ0) is 13.7. The molecule has 0 radical (unpaired) electrons. The van der Waals surface area contributed by atoms with Crippen LogP contribution >= 0.6 is 11.8 Å². The standard InChI is InChI=1S/C12H17N5OS/c1-9(10-4-5-13-8-14-10)17(2)6-12-15-11(7-19-3)16-18-12/h4-5,8-9H,6-7H2,1-3H3/t9-/m0/s1. The number of hydrogen-bond acceptors (Lipinski definition) is 7. The highest BCUT2D eigenvalue weighted by molar-refractivity contribution is 7.97. The fourth-order valence-corrected chi connectivity index (χ4v) is 2.04. The van der Waals surface area contributed by atoms with Gasteiger partial charge in [0.05, 0.1) is 18.0 Å². The van der Waals surface area contributed by atoms with E-state index in [4.69, 9.17) is 4.52 Å². The number of rotatable bonds is 6. The fraction of sp³-hybridized carbons (Fsp3) is 0.500. The average molecular weight is 279 g/mol. The minimum Gasteiger partial charge on any atom is -0.338 e. The van der Waals surface area contributed by atoms with Gasteiger partial charge >= 0.3 is 0 Å². The molecule has 0 aromatic carbocycles. The first-order chi connectivity index (χ1) is 9.20. The zero-order valence-corrected chi connectivity index (χ0v) is 12.1. The predicted molar refractivity (Wildman–Crippen MR) is 73.4 cm³/mol. The van der Waals surface area contributed by atoms with Crippen LogP contribution in [0.15, 0.2) is 23.1 Å². The second-order valence-electron chi connectivity index (χ2n) is 4.26. The minimum atomic E-state index is 0.166. The molecule has 0 fully saturated rings. The summed E-state index contributed by atoms with van der Waals surface area (Å²) in [7, 11) is 2.01. The smallest absolute Gasteiger partial charge is 0.240 e. The first-order valence-electron chi connectivity index (χ1n) is 5.97. The van der Waals surface area contributed by atoms with Gasteiger partial charge in [0.1, 0.15) is 6.33 Å².